The summed E-state index contributed by atoms with van der Waals surface area (Å²) in [4.78, 5) is 12.0. The van der Waals surface area contributed by atoms with E-state index in [1.54, 1.807) is 0 Å². The van der Waals surface area contributed by atoms with Crippen LogP contribution in [0.3, 0.4) is 0 Å². The number of anilines is 2. The summed E-state index contributed by atoms with van der Waals surface area (Å²) < 4.78 is 6.49. The number of aryl methyl sites for hydroxylation is 1. The smallest absolute Gasteiger partial charge is 0.226 e. The van der Waals surface area contributed by atoms with Gasteiger partial charge in [0.05, 0.1) is 11.8 Å². The molecule has 24 heavy (non-hydrogen) atoms. The number of rotatable bonds is 7. The van der Waals surface area contributed by atoms with Crippen LogP contribution in [0.2, 0.25) is 0 Å². The third-order valence-corrected chi connectivity index (χ3v) is 3.96. The summed E-state index contributed by atoms with van der Waals surface area (Å²) in [5.41, 5.74) is 2.91. The van der Waals surface area contributed by atoms with Crippen LogP contribution >= 0.6 is 15.9 Å². The lowest BCUT2D eigenvalue weighted by atomic mass is 10.2. The van der Waals surface area contributed by atoms with E-state index in [0.717, 1.165) is 27.2 Å². The molecule has 0 aliphatic heterocycles. The molecule has 2 aromatic carbocycles. The second-order valence-corrected chi connectivity index (χ2v) is 6.75. The van der Waals surface area contributed by atoms with Crippen LogP contribution in [0.1, 0.15) is 25.8 Å². The monoisotopic (exact) mass is 390 g/mol. The summed E-state index contributed by atoms with van der Waals surface area (Å²) in [5.74, 6) is 0.823. The van der Waals surface area contributed by atoms with Crippen molar-refractivity contribution in [2.24, 2.45) is 0 Å². The molecule has 0 aliphatic rings. The molecule has 0 heterocycles. The van der Waals surface area contributed by atoms with Crippen LogP contribution in [0, 0.1) is 6.92 Å². The lowest BCUT2D eigenvalue weighted by molar-refractivity contribution is -0.115. The summed E-state index contributed by atoms with van der Waals surface area (Å²) in [6.45, 7) is 6.58. The van der Waals surface area contributed by atoms with Crippen LogP contribution in [0.5, 0.6) is 5.75 Å². The molecule has 2 N–H and O–H groups in total. The Kier molecular flexibility index (Phi) is 6.67. The van der Waals surface area contributed by atoms with E-state index >= 15 is 0 Å². The molecule has 128 valence electrons. The highest BCUT2D eigenvalue weighted by Crippen LogP contribution is 2.23. The van der Waals surface area contributed by atoms with Gasteiger partial charge in [-0.05, 0) is 78.7 Å². The lowest BCUT2D eigenvalue weighted by Gasteiger charge is -2.11. The minimum absolute atomic E-state index is 0.0215. The van der Waals surface area contributed by atoms with Crippen molar-refractivity contribution >= 4 is 33.2 Å². The minimum Gasteiger partial charge on any atom is -0.491 e. The van der Waals surface area contributed by atoms with Crippen LogP contribution < -0.4 is 15.4 Å². The number of carbonyl (C=O) groups excluding carboxylic acids is 1. The average molecular weight is 391 g/mol. The Morgan fingerprint density at radius 2 is 1.88 bits per heavy atom. The maximum atomic E-state index is 12.0. The molecule has 5 heteroatoms. The van der Waals surface area contributed by atoms with Crippen molar-refractivity contribution in [2.45, 2.75) is 33.3 Å². The largest absolute Gasteiger partial charge is 0.491 e. The van der Waals surface area contributed by atoms with Gasteiger partial charge in [0.25, 0.3) is 0 Å². The Balaban J connectivity index is 1.78. The van der Waals surface area contributed by atoms with E-state index < -0.39 is 0 Å². The fraction of sp³-hybridized carbons (Fsp3) is 0.316. The molecule has 0 saturated heterocycles. The molecule has 1 amide bonds. The van der Waals surface area contributed by atoms with E-state index in [9.17, 15) is 4.79 Å². The quantitative estimate of drug-likeness (QED) is 0.700. The normalized spacial score (nSPS) is 10.5. The Morgan fingerprint density at radius 3 is 2.50 bits per heavy atom. The van der Waals surface area contributed by atoms with Gasteiger partial charge in [-0.1, -0.05) is 6.07 Å². The fourth-order valence-corrected chi connectivity index (χ4v) is 2.77. The van der Waals surface area contributed by atoms with Crippen molar-refractivity contribution in [3.63, 3.8) is 0 Å². The van der Waals surface area contributed by atoms with Gasteiger partial charge in [-0.2, -0.15) is 0 Å². The van der Waals surface area contributed by atoms with Gasteiger partial charge in [-0.25, -0.2) is 0 Å². The molecular formula is C19H23BrN2O2. The van der Waals surface area contributed by atoms with Gasteiger partial charge in [0.1, 0.15) is 5.75 Å². The number of hydrogen-bond acceptors (Lipinski definition) is 3. The first-order valence-corrected chi connectivity index (χ1v) is 8.80. The Labute approximate surface area is 151 Å². The number of nitrogens with one attached hydrogen (secondary N) is 2. The summed E-state index contributed by atoms with van der Waals surface area (Å²) in [6, 6.07) is 13.6. The van der Waals surface area contributed by atoms with Crippen molar-refractivity contribution in [1.29, 1.82) is 0 Å². The van der Waals surface area contributed by atoms with E-state index in [0.29, 0.717) is 13.0 Å². The summed E-state index contributed by atoms with van der Waals surface area (Å²) in [7, 11) is 0. The van der Waals surface area contributed by atoms with E-state index in [-0.39, 0.29) is 12.0 Å². The van der Waals surface area contributed by atoms with Crippen molar-refractivity contribution in [1.82, 2.24) is 0 Å². The van der Waals surface area contributed by atoms with Gasteiger partial charge in [-0.15, -0.1) is 0 Å². The van der Waals surface area contributed by atoms with Gasteiger partial charge in [0.15, 0.2) is 0 Å². The number of carbonyl (C=O) groups is 1. The zero-order chi connectivity index (χ0) is 17.5. The Morgan fingerprint density at radius 1 is 1.17 bits per heavy atom. The van der Waals surface area contributed by atoms with Gasteiger partial charge in [0.2, 0.25) is 5.91 Å². The molecule has 0 aliphatic carbocycles. The molecule has 0 fully saturated rings. The van der Waals surface area contributed by atoms with Crippen molar-refractivity contribution in [3.8, 4) is 5.75 Å². The van der Waals surface area contributed by atoms with Gasteiger partial charge in [0, 0.05) is 23.1 Å². The second kappa shape index (κ2) is 8.73. The van der Waals surface area contributed by atoms with E-state index in [1.165, 1.54) is 0 Å². The highest BCUT2D eigenvalue weighted by molar-refractivity contribution is 9.10. The standard InChI is InChI=1S/C19H23BrN2O2/c1-13(2)24-16-7-5-15(6-8-16)21-11-10-19(23)22-18-9-4-14(3)12-17(18)20/h4-9,12-13,21H,10-11H2,1-3H3,(H,22,23). The van der Waals surface area contributed by atoms with Crippen LogP contribution in [0.4, 0.5) is 11.4 Å². The number of halogens is 1. The maximum absolute atomic E-state index is 12.0. The molecule has 2 aromatic rings. The fourth-order valence-electron chi connectivity index (χ4n) is 2.18. The number of benzene rings is 2. The Bertz CT molecular complexity index is 684. The van der Waals surface area contributed by atoms with E-state index in [1.807, 2.05) is 63.2 Å². The van der Waals surface area contributed by atoms with Crippen LogP contribution in [-0.4, -0.2) is 18.6 Å². The highest BCUT2D eigenvalue weighted by Gasteiger charge is 2.06. The molecule has 0 radical (unpaired) electrons. The van der Waals surface area contributed by atoms with Gasteiger partial charge in [-0.3, -0.25) is 4.79 Å². The molecule has 0 unspecified atom stereocenters. The summed E-state index contributed by atoms with van der Waals surface area (Å²) >= 11 is 3.46. The summed E-state index contributed by atoms with van der Waals surface area (Å²) in [5, 5.41) is 6.15. The number of ether oxygens (including phenoxy) is 1. The van der Waals surface area contributed by atoms with Crippen molar-refractivity contribution in [2.75, 3.05) is 17.2 Å². The zero-order valence-corrected chi connectivity index (χ0v) is 15.8. The lowest BCUT2D eigenvalue weighted by Crippen LogP contribution is -2.16. The molecule has 2 rings (SSSR count). The predicted molar refractivity (Wildman–Crippen MR) is 103 cm³/mol. The molecule has 4 nitrogen and oxygen atoms in total. The first-order valence-electron chi connectivity index (χ1n) is 8.00. The third-order valence-electron chi connectivity index (χ3n) is 3.31. The summed E-state index contributed by atoms with van der Waals surface area (Å²) in [6.07, 6.45) is 0.554. The zero-order valence-electron chi connectivity index (χ0n) is 14.2. The van der Waals surface area contributed by atoms with Crippen molar-refractivity contribution < 1.29 is 9.53 Å². The van der Waals surface area contributed by atoms with Crippen LogP contribution in [0.15, 0.2) is 46.9 Å². The second-order valence-electron chi connectivity index (χ2n) is 5.90. The van der Waals surface area contributed by atoms with E-state index in [4.69, 9.17) is 4.74 Å². The molecule has 0 atom stereocenters. The molecule has 0 bridgehead atoms. The molecule has 0 saturated carbocycles. The SMILES string of the molecule is Cc1ccc(NC(=O)CCNc2ccc(OC(C)C)cc2)c(Br)c1. The predicted octanol–water partition coefficient (Wildman–Crippen LogP) is 4.99. The minimum atomic E-state index is -0.0215. The first kappa shape index (κ1) is 18.3. The van der Waals surface area contributed by atoms with Crippen molar-refractivity contribution in [3.05, 3.63) is 52.5 Å². The highest BCUT2D eigenvalue weighted by atomic mass is 79.9. The van der Waals surface area contributed by atoms with Gasteiger partial charge < -0.3 is 15.4 Å². The van der Waals surface area contributed by atoms with Gasteiger partial charge >= 0.3 is 0 Å². The maximum Gasteiger partial charge on any atom is 0.226 e. The van der Waals surface area contributed by atoms with Crippen LogP contribution in [0.25, 0.3) is 0 Å². The van der Waals surface area contributed by atoms with E-state index in [2.05, 4.69) is 26.6 Å². The number of amides is 1. The number of hydrogen-bond donors (Lipinski definition) is 2. The Hall–Kier alpha value is -2.01. The molecule has 0 aromatic heterocycles. The topological polar surface area (TPSA) is 50.4 Å². The average Bonchev–Trinajstić information content (AvgIpc) is 2.51. The molecular weight excluding hydrogens is 368 g/mol. The van der Waals surface area contributed by atoms with Crippen LogP contribution in [-0.2, 0) is 4.79 Å². The first-order chi connectivity index (χ1) is 11.4. The molecule has 0 spiro atoms. The third kappa shape index (κ3) is 5.89.